The lowest BCUT2D eigenvalue weighted by Crippen LogP contribution is -2.45. The molecule has 1 aromatic rings. The maximum absolute atomic E-state index is 12.6. The van der Waals surface area contributed by atoms with Gasteiger partial charge in [-0.3, -0.25) is 4.79 Å². The molecule has 1 amide bonds. The highest BCUT2D eigenvalue weighted by Crippen LogP contribution is 2.51. The number of benzene rings is 1. The molecule has 3 aliphatic heterocycles. The molecule has 0 aliphatic carbocycles. The normalized spacial score (nSPS) is 35.2. The van der Waals surface area contributed by atoms with Crippen molar-refractivity contribution in [1.29, 1.82) is 0 Å². The smallest absolute Gasteiger partial charge is 0.229 e. The number of fused-ring (bicyclic) bond motifs is 1. The number of carbonyl (C=O) groups excluding carboxylic acids is 2. The summed E-state index contributed by atoms with van der Waals surface area (Å²) in [5.41, 5.74) is 0.394. The Bertz CT molecular complexity index is 656. The lowest BCUT2D eigenvalue weighted by atomic mass is 9.77. The van der Waals surface area contributed by atoms with Crippen molar-refractivity contribution in [3.8, 4) is 0 Å². The lowest BCUT2D eigenvalue weighted by molar-refractivity contribution is -0.313. The number of rotatable bonds is 4. The number of carbonyl (C=O) groups is 2. The van der Waals surface area contributed by atoms with Gasteiger partial charge in [-0.25, -0.2) is 0 Å². The Hall–Kier alpha value is -2.14. The minimum Gasteiger partial charge on any atom is -0.550 e. The van der Waals surface area contributed by atoms with Gasteiger partial charge in [-0.05, 0) is 12.0 Å². The molecule has 0 saturated carbocycles. The maximum atomic E-state index is 12.6. The van der Waals surface area contributed by atoms with Gasteiger partial charge >= 0.3 is 0 Å². The second-order valence-electron chi connectivity index (χ2n) is 6.21. The van der Waals surface area contributed by atoms with Gasteiger partial charge in [0.05, 0.1) is 18.6 Å². The van der Waals surface area contributed by atoms with Gasteiger partial charge in [-0.1, -0.05) is 42.5 Å². The van der Waals surface area contributed by atoms with E-state index in [-0.39, 0.29) is 5.91 Å². The van der Waals surface area contributed by atoms with Gasteiger partial charge in [0.25, 0.3) is 0 Å². The van der Waals surface area contributed by atoms with E-state index in [1.807, 2.05) is 36.4 Å². The Morgan fingerprint density at radius 1 is 1.36 bits per heavy atom. The molecule has 1 spiro atoms. The number of carboxylic acid groups (broad SMARTS) is 1. The van der Waals surface area contributed by atoms with Crippen molar-refractivity contribution in [2.45, 2.75) is 18.1 Å². The Balaban J connectivity index is 1.53. The molecule has 4 rings (SSSR count). The molecule has 4 atom stereocenters. The van der Waals surface area contributed by atoms with Crippen LogP contribution in [0.25, 0.3) is 0 Å². The highest BCUT2D eigenvalue weighted by Gasteiger charge is 2.65. The van der Waals surface area contributed by atoms with Crippen molar-refractivity contribution in [2.75, 3.05) is 13.1 Å². The summed E-state index contributed by atoms with van der Waals surface area (Å²) < 4.78 is 5.82. The van der Waals surface area contributed by atoms with Gasteiger partial charge < -0.3 is 19.5 Å². The van der Waals surface area contributed by atoms with Crippen molar-refractivity contribution in [3.05, 3.63) is 48.0 Å². The summed E-state index contributed by atoms with van der Waals surface area (Å²) >= 11 is 0. The predicted molar refractivity (Wildman–Crippen MR) is 75.5 cm³/mol. The molecular weight excluding hydrogens is 282 g/mol. The number of ether oxygens (including phenoxy) is 1. The topological polar surface area (TPSA) is 69.7 Å². The van der Waals surface area contributed by atoms with E-state index >= 15 is 0 Å². The SMILES string of the molecule is O=C([O-])[C@@H]1[C@H]2C(=O)N(CCc3ccccc3)C[C@@]23C=C[C@H]1O3. The van der Waals surface area contributed by atoms with E-state index in [1.54, 1.807) is 11.0 Å². The highest BCUT2D eigenvalue weighted by molar-refractivity contribution is 5.90. The van der Waals surface area contributed by atoms with Crippen LogP contribution in [-0.2, 0) is 20.7 Å². The summed E-state index contributed by atoms with van der Waals surface area (Å²) in [6.07, 6.45) is 3.85. The Morgan fingerprint density at radius 3 is 2.86 bits per heavy atom. The van der Waals surface area contributed by atoms with E-state index in [2.05, 4.69) is 0 Å². The molecule has 3 heterocycles. The number of nitrogens with zero attached hydrogens (tertiary/aromatic N) is 1. The number of hydrogen-bond acceptors (Lipinski definition) is 4. The minimum atomic E-state index is -1.19. The molecule has 2 fully saturated rings. The van der Waals surface area contributed by atoms with E-state index in [0.29, 0.717) is 13.1 Å². The minimum absolute atomic E-state index is 0.128. The summed E-state index contributed by atoms with van der Waals surface area (Å²) in [4.78, 5) is 25.7. The zero-order valence-electron chi connectivity index (χ0n) is 12.0. The lowest BCUT2D eigenvalue weighted by Gasteiger charge is -2.24. The first-order chi connectivity index (χ1) is 10.6. The Morgan fingerprint density at radius 2 is 2.14 bits per heavy atom. The summed E-state index contributed by atoms with van der Waals surface area (Å²) in [6, 6.07) is 9.93. The van der Waals surface area contributed by atoms with Gasteiger partial charge in [0.1, 0.15) is 5.60 Å². The second kappa shape index (κ2) is 4.68. The van der Waals surface area contributed by atoms with Crippen LogP contribution in [0.2, 0.25) is 0 Å². The molecular formula is C17H16NO4-. The Kier molecular flexibility index (Phi) is 2.87. The van der Waals surface area contributed by atoms with Crippen LogP contribution in [0.4, 0.5) is 0 Å². The van der Waals surface area contributed by atoms with Crippen LogP contribution in [0, 0.1) is 11.8 Å². The fourth-order valence-electron chi connectivity index (χ4n) is 3.95. The van der Waals surface area contributed by atoms with E-state index in [4.69, 9.17) is 4.74 Å². The van der Waals surface area contributed by atoms with Crippen LogP contribution in [0.1, 0.15) is 5.56 Å². The molecule has 0 radical (unpaired) electrons. The van der Waals surface area contributed by atoms with Gasteiger partial charge in [0.15, 0.2) is 0 Å². The van der Waals surface area contributed by atoms with Gasteiger partial charge in [0.2, 0.25) is 5.91 Å². The molecule has 2 saturated heterocycles. The van der Waals surface area contributed by atoms with E-state index in [9.17, 15) is 14.7 Å². The van der Waals surface area contributed by atoms with Gasteiger partial charge in [-0.15, -0.1) is 0 Å². The van der Waals surface area contributed by atoms with Crippen LogP contribution in [-0.4, -0.2) is 41.6 Å². The van der Waals surface area contributed by atoms with E-state index in [0.717, 1.165) is 12.0 Å². The quantitative estimate of drug-likeness (QED) is 0.720. The molecule has 1 aromatic carbocycles. The zero-order chi connectivity index (χ0) is 15.3. The second-order valence-corrected chi connectivity index (χ2v) is 6.21. The third-order valence-electron chi connectivity index (χ3n) is 4.96. The molecule has 0 unspecified atom stereocenters. The number of hydrogen-bond donors (Lipinski definition) is 0. The van der Waals surface area contributed by atoms with Crippen LogP contribution in [0.3, 0.4) is 0 Å². The molecule has 0 N–H and O–H groups in total. The van der Waals surface area contributed by atoms with Crippen molar-refractivity contribution in [1.82, 2.24) is 4.90 Å². The van der Waals surface area contributed by atoms with Crippen LogP contribution in [0.5, 0.6) is 0 Å². The van der Waals surface area contributed by atoms with Gasteiger partial charge in [-0.2, -0.15) is 0 Å². The Labute approximate surface area is 128 Å². The monoisotopic (exact) mass is 298 g/mol. The predicted octanol–water partition coefficient (Wildman–Crippen LogP) is -0.239. The van der Waals surface area contributed by atoms with Crippen molar-refractivity contribution >= 4 is 11.9 Å². The summed E-state index contributed by atoms with van der Waals surface area (Å²) in [5.74, 6) is -2.82. The van der Waals surface area contributed by atoms with Crippen molar-refractivity contribution in [3.63, 3.8) is 0 Å². The van der Waals surface area contributed by atoms with Crippen LogP contribution in [0.15, 0.2) is 42.5 Å². The third-order valence-corrected chi connectivity index (χ3v) is 4.96. The molecule has 22 heavy (non-hydrogen) atoms. The summed E-state index contributed by atoms with van der Waals surface area (Å²) in [6.45, 7) is 1.00. The van der Waals surface area contributed by atoms with E-state index in [1.165, 1.54) is 0 Å². The van der Waals surface area contributed by atoms with E-state index < -0.39 is 29.5 Å². The number of likely N-dealkylation sites (tertiary alicyclic amines) is 1. The zero-order valence-corrected chi connectivity index (χ0v) is 12.0. The molecule has 114 valence electrons. The molecule has 3 aliphatic rings. The summed E-state index contributed by atoms with van der Waals surface area (Å²) in [5, 5.41) is 11.4. The highest BCUT2D eigenvalue weighted by atomic mass is 16.5. The van der Waals surface area contributed by atoms with Crippen LogP contribution < -0.4 is 5.11 Å². The third kappa shape index (κ3) is 1.82. The number of carboxylic acids is 1. The first-order valence-electron chi connectivity index (χ1n) is 7.51. The standard InChI is InChI=1S/C17H17NO4/c19-15-14-13(16(20)21)12-6-8-17(14,22-12)10-18(15)9-7-11-4-2-1-3-5-11/h1-6,8,12-14H,7,9-10H2,(H,20,21)/p-1/t12-,13+,14+,17+/m1/s1. The van der Waals surface area contributed by atoms with Crippen molar-refractivity contribution in [2.24, 2.45) is 11.8 Å². The molecule has 0 aromatic heterocycles. The molecule has 2 bridgehead atoms. The average Bonchev–Trinajstić information content (AvgIpc) is 3.14. The average molecular weight is 298 g/mol. The summed E-state index contributed by atoms with van der Waals surface area (Å²) in [7, 11) is 0. The van der Waals surface area contributed by atoms with Crippen LogP contribution >= 0.6 is 0 Å². The maximum Gasteiger partial charge on any atom is 0.229 e. The largest absolute Gasteiger partial charge is 0.550 e. The number of amides is 1. The van der Waals surface area contributed by atoms with Gasteiger partial charge in [0, 0.05) is 18.4 Å². The fourth-order valence-corrected chi connectivity index (χ4v) is 3.95. The fraction of sp³-hybridized carbons (Fsp3) is 0.412. The molecule has 5 nitrogen and oxygen atoms in total. The first-order valence-corrected chi connectivity index (χ1v) is 7.51. The van der Waals surface area contributed by atoms with Crippen molar-refractivity contribution < 1.29 is 19.4 Å². The first kappa shape index (κ1) is 13.5. The number of aliphatic carboxylic acids is 1. The molecule has 5 heteroatoms.